The van der Waals surface area contributed by atoms with E-state index in [0.717, 1.165) is 54.2 Å². The maximum Gasteiger partial charge on any atom is 0.0926 e. The maximum absolute atomic E-state index is 9.33. The Bertz CT molecular complexity index is 750. The van der Waals surface area contributed by atoms with Crippen molar-refractivity contribution in [3.8, 4) is 0 Å². The van der Waals surface area contributed by atoms with Crippen LogP contribution in [0.25, 0.3) is 0 Å². The quantitative estimate of drug-likeness (QED) is 0.376. The number of allylic oxidation sites excluding steroid dienone is 2. The fraction of sp³-hybridized carbons (Fsp3) is 0.800. The molecule has 6 aliphatic rings. The van der Waals surface area contributed by atoms with Crippen LogP contribution in [0.15, 0.2) is 29.0 Å². The standard InChI is InChI=1S/C25H35NO2/c1-2-24-11-8-20-19-7-6-18(26-27)14-17(19)15-21(16-4-5-16)23(20)22(24)9-12-25(24)10-3-13-28-25/h3,10,14,16,19-23,27H,2,4-9,11-13,15H2,1H3/b26-18+/t19-,20?,21+,22?,23?,24-,25-/m0/s1. The summed E-state index contributed by atoms with van der Waals surface area (Å²) in [4.78, 5) is 0. The van der Waals surface area contributed by atoms with E-state index >= 15 is 0 Å². The van der Waals surface area contributed by atoms with Gasteiger partial charge in [-0.1, -0.05) is 29.8 Å². The second-order valence-corrected chi connectivity index (χ2v) is 10.7. The molecule has 1 aliphatic heterocycles. The first-order valence-corrected chi connectivity index (χ1v) is 11.9. The first kappa shape index (κ1) is 17.7. The van der Waals surface area contributed by atoms with Gasteiger partial charge in [0.05, 0.1) is 17.9 Å². The fourth-order valence-electron chi connectivity index (χ4n) is 8.93. The third-order valence-corrected chi connectivity index (χ3v) is 10.1. The molecule has 0 aromatic rings. The Morgan fingerprint density at radius 3 is 2.75 bits per heavy atom. The molecule has 7 atom stereocenters. The second-order valence-electron chi connectivity index (χ2n) is 10.7. The van der Waals surface area contributed by atoms with Crippen LogP contribution in [0.3, 0.4) is 0 Å². The van der Waals surface area contributed by atoms with Crippen LogP contribution in [0.5, 0.6) is 0 Å². The van der Waals surface area contributed by atoms with Gasteiger partial charge in [0, 0.05) is 5.41 Å². The zero-order valence-corrected chi connectivity index (χ0v) is 17.3. The first-order valence-electron chi connectivity index (χ1n) is 11.9. The van der Waals surface area contributed by atoms with Crippen molar-refractivity contribution >= 4 is 5.71 Å². The molecular weight excluding hydrogens is 346 g/mol. The zero-order valence-electron chi connectivity index (χ0n) is 17.3. The molecule has 0 amide bonds. The summed E-state index contributed by atoms with van der Waals surface area (Å²) in [7, 11) is 0. The van der Waals surface area contributed by atoms with Gasteiger partial charge in [0.15, 0.2) is 0 Å². The molecule has 3 heteroatoms. The van der Waals surface area contributed by atoms with Gasteiger partial charge >= 0.3 is 0 Å². The van der Waals surface area contributed by atoms with Gasteiger partial charge in [-0.3, -0.25) is 0 Å². The van der Waals surface area contributed by atoms with Crippen LogP contribution in [-0.2, 0) is 4.74 Å². The van der Waals surface area contributed by atoms with Crippen molar-refractivity contribution < 1.29 is 9.94 Å². The molecule has 4 saturated carbocycles. The van der Waals surface area contributed by atoms with Crippen molar-refractivity contribution in [2.75, 3.05) is 6.61 Å². The minimum atomic E-state index is 0.0465. The molecular formula is C25H35NO2. The number of hydrogen-bond donors (Lipinski definition) is 1. The molecule has 0 aromatic carbocycles. The van der Waals surface area contributed by atoms with Gasteiger partial charge < -0.3 is 9.94 Å². The summed E-state index contributed by atoms with van der Waals surface area (Å²) in [5, 5.41) is 12.9. The number of ether oxygens (including phenoxy) is 1. The van der Waals surface area contributed by atoms with Crippen molar-refractivity contribution in [1.29, 1.82) is 0 Å². The van der Waals surface area contributed by atoms with Crippen molar-refractivity contribution in [2.45, 2.75) is 76.7 Å². The SMILES string of the molecule is CC[C@]12CCC3C(C1CC[C@@]21C=CCO1)[C@@H](C1CC1)CC1=C/C(=N/O)CC[C@@H]13. The molecule has 152 valence electrons. The lowest BCUT2D eigenvalue weighted by Crippen LogP contribution is -2.55. The summed E-state index contributed by atoms with van der Waals surface area (Å²) in [6, 6.07) is 0. The number of oxime groups is 1. The van der Waals surface area contributed by atoms with Gasteiger partial charge in [-0.15, -0.1) is 0 Å². The van der Waals surface area contributed by atoms with E-state index in [-0.39, 0.29) is 5.60 Å². The van der Waals surface area contributed by atoms with E-state index in [0.29, 0.717) is 5.41 Å². The highest BCUT2D eigenvalue weighted by Gasteiger charge is 2.66. The summed E-state index contributed by atoms with van der Waals surface area (Å²) >= 11 is 0. The predicted molar refractivity (Wildman–Crippen MR) is 110 cm³/mol. The highest BCUT2D eigenvalue weighted by Crippen LogP contribution is 2.70. The summed E-state index contributed by atoms with van der Waals surface area (Å²) in [6.45, 7) is 3.27. The first-order chi connectivity index (χ1) is 13.7. The van der Waals surface area contributed by atoms with Gasteiger partial charge in [-0.2, -0.15) is 0 Å². The van der Waals surface area contributed by atoms with Gasteiger partial charge in [-0.25, -0.2) is 0 Å². The lowest BCUT2D eigenvalue weighted by atomic mass is 9.46. The molecule has 1 spiro atoms. The minimum absolute atomic E-state index is 0.0465. The Morgan fingerprint density at radius 1 is 1.14 bits per heavy atom. The van der Waals surface area contributed by atoms with Crippen molar-refractivity contribution in [2.24, 2.45) is 46.1 Å². The zero-order chi connectivity index (χ0) is 18.9. The molecule has 0 saturated heterocycles. The van der Waals surface area contributed by atoms with Crippen LogP contribution < -0.4 is 0 Å². The Hall–Kier alpha value is -1.09. The van der Waals surface area contributed by atoms with E-state index in [1.165, 1.54) is 57.8 Å². The van der Waals surface area contributed by atoms with Crippen LogP contribution in [0.2, 0.25) is 0 Å². The van der Waals surface area contributed by atoms with E-state index in [4.69, 9.17) is 4.74 Å². The maximum atomic E-state index is 9.33. The van der Waals surface area contributed by atoms with Crippen molar-refractivity contribution in [1.82, 2.24) is 0 Å². The lowest BCUT2D eigenvalue weighted by molar-refractivity contribution is -0.134. The van der Waals surface area contributed by atoms with E-state index in [9.17, 15) is 5.21 Å². The summed E-state index contributed by atoms with van der Waals surface area (Å²) in [6.07, 6.45) is 20.0. The largest absolute Gasteiger partial charge is 0.411 e. The van der Waals surface area contributed by atoms with Gasteiger partial charge in [0.2, 0.25) is 0 Å². The summed E-state index contributed by atoms with van der Waals surface area (Å²) in [5.41, 5.74) is 2.97. The van der Waals surface area contributed by atoms with Crippen molar-refractivity contribution in [3.63, 3.8) is 0 Å². The van der Waals surface area contributed by atoms with Crippen LogP contribution in [0, 0.1) is 40.9 Å². The summed E-state index contributed by atoms with van der Waals surface area (Å²) in [5.74, 6) is 5.16. The Labute approximate surface area is 169 Å². The van der Waals surface area contributed by atoms with Gasteiger partial charge in [0.25, 0.3) is 0 Å². The number of hydrogen-bond acceptors (Lipinski definition) is 3. The third-order valence-electron chi connectivity index (χ3n) is 10.1. The molecule has 4 fully saturated rings. The second kappa shape index (κ2) is 6.20. The normalized spacial score (nSPS) is 51.1. The van der Waals surface area contributed by atoms with Crippen molar-refractivity contribution in [3.05, 3.63) is 23.8 Å². The molecule has 1 N–H and O–H groups in total. The molecule has 5 aliphatic carbocycles. The van der Waals surface area contributed by atoms with Gasteiger partial charge in [0.1, 0.15) is 0 Å². The highest BCUT2D eigenvalue weighted by molar-refractivity contribution is 5.96. The molecule has 3 nitrogen and oxygen atoms in total. The monoisotopic (exact) mass is 381 g/mol. The average Bonchev–Trinajstić information content (AvgIpc) is 3.39. The Kier molecular flexibility index (Phi) is 3.93. The topological polar surface area (TPSA) is 41.8 Å². The fourth-order valence-corrected chi connectivity index (χ4v) is 8.93. The van der Waals surface area contributed by atoms with E-state index in [1.807, 2.05) is 0 Å². The van der Waals surface area contributed by atoms with E-state index in [1.54, 1.807) is 5.57 Å². The average molecular weight is 382 g/mol. The van der Waals surface area contributed by atoms with Gasteiger partial charge in [-0.05, 0) is 106 Å². The van der Waals surface area contributed by atoms with E-state index < -0.39 is 0 Å². The third kappa shape index (κ3) is 2.23. The smallest absolute Gasteiger partial charge is 0.0926 e. The number of nitrogens with zero attached hydrogens (tertiary/aromatic N) is 1. The Balaban J connectivity index is 1.40. The molecule has 0 aromatic heterocycles. The number of fused-ring (bicyclic) bond motifs is 6. The number of rotatable bonds is 2. The molecule has 28 heavy (non-hydrogen) atoms. The highest BCUT2D eigenvalue weighted by atomic mass is 16.5. The molecule has 0 radical (unpaired) electrons. The molecule has 0 bridgehead atoms. The van der Waals surface area contributed by atoms with E-state index in [2.05, 4.69) is 30.3 Å². The molecule has 3 unspecified atom stereocenters. The predicted octanol–water partition coefficient (Wildman–Crippen LogP) is 5.74. The lowest BCUT2D eigenvalue weighted by Gasteiger charge is -2.59. The molecule has 1 heterocycles. The minimum Gasteiger partial charge on any atom is -0.411 e. The van der Waals surface area contributed by atoms with Crippen LogP contribution in [0.4, 0.5) is 0 Å². The summed E-state index contributed by atoms with van der Waals surface area (Å²) < 4.78 is 6.53. The molecule has 6 rings (SSSR count). The van der Waals surface area contributed by atoms with Crippen LogP contribution >= 0.6 is 0 Å². The Morgan fingerprint density at radius 2 is 2.04 bits per heavy atom. The van der Waals surface area contributed by atoms with Crippen LogP contribution in [0.1, 0.15) is 71.1 Å². The van der Waals surface area contributed by atoms with Crippen LogP contribution in [-0.4, -0.2) is 23.1 Å².